The van der Waals surface area contributed by atoms with Gasteiger partial charge in [-0.3, -0.25) is 10.1 Å². The minimum absolute atomic E-state index is 0.0217. The predicted octanol–water partition coefficient (Wildman–Crippen LogP) is 4.60. The van der Waals surface area contributed by atoms with E-state index in [0.29, 0.717) is 85.0 Å². The molecule has 0 bridgehead atoms. The Labute approximate surface area is 262 Å². The number of fused-ring (bicyclic) bond motifs is 3. The largest absolute Gasteiger partial charge is 0.491 e. The van der Waals surface area contributed by atoms with E-state index in [1.54, 1.807) is 12.1 Å². The molecule has 3 aromatic rings. The van der Waals surface area contributed by atoms with Crippen LogP contribution >= 0.6 is 0 Å². The maximum Gasteiger partial charge on any atom is 0.407 e. The molecule has 12 nitrogen and oxygen atoms in total. The van der Waals surface area contributed by atoms with Gasteiger partial charge in [0.15, 0.2) is 0 Å². The highest BCUT2D eigenvalue weighted by Crippen LogP contribution is 2.44. The highest BCUT2D eigenvalue weighted by atomic mass is 16.6. The van der Waals surface area contributed by atoms with Crippen molar-refractivity contribution in [3.05, 3.63) is 94.0 Å². The van der Waals surface area contributed by atoms with Gasteiger partial charge in [0.2, 0.25) is 0 Å². The summed E-state index contributed by atoms with van der Waals surface area (Å²) < 4.78 is 38.3. The quantitative estimate of drug-likeness (QED) is 0.0960. The van der Waals surface area contributed by atoms with Gasteiger partial charge in [0.1, 0.15) is 19.0 Å². The van der Waals surface area contributed by atoms with Crippen molar-refractivity contribution in [2.24, 2.45) is 0 Å². The van der Waals surface area contributed by atoms with Crippen LogP contribution in [-0.2, 0) is 28.4 Å². The van der Waals surface area contributed by atoms with Gasteiger partial charge in [-0.15, -0.1) is 0 Å². The van der Waals surface area contributed by atoms with Crippen molar-refractivity contribution in [3.63, 3.8) is 0 Å². The Morgan fingerprint density at radius 2 is 1.11 bits per heavy atom. The average Bonchev–Trinajstić information content (AvgIpc) is 3.38. The second-order valence-corrected chi connectivity index (χ2v) is 9.91. The van der Waals surface area contributed by atoms with Crippen LogP contribution in [0.2, 0.25) is 0 Å². The minimum Gasteiger partial charge on any atom is -0.491 e. The maximum atomic E-state index is 12.2. The number of hydrogen-bond acceptors (Lipinski definition) is 10. The van der Waals surface area contributed by atoms with Crippen LogP contribution in [0.4, 0.5) is 10.5 Å². The molecule has 242 valence electrons. The number of amides is 1. The number of carbonyl (C=O) groups excluding carboxylic acids is 1. The molecule has 0 unspecified atom stereocenters. The molecule has 0 saturated heterocycles. The molecular weight excluding hydrogens is 584 g/mol. The molecule has 45 heavy (non-hydrogen) atoms. The Bertz CT molecular complexity index is 1280. The summed E-state index contributed by atoms with van der Waals surface area (Å²) in [5.41, 5.74) is 4.77. The molecule has 0 atom stereocenters. The number of nitro benzene ring substituents is 1. The fourth-order valence-electron chi connectivity index (χ4n) is 4.74. The first-order valence-corrected chi connectivity index (χ1v) is 15.0. The third-order valence-electron chi connectivity index (χ3n) is 6.89. The number of nitro groups is 1. The summed E-state index contributed by atoms with van der Waals surface area (Å²) in [4.78, 5) is 22.4. The summed E-state index contributed by atoms with van der Waals surface area (Å²) >= 11 is 0. The smallest absolute Gasteiger partial charge is 0.407 e. The van der Waals surface area contributed by atoms with Crippen molar-refractivity contribution in [3.8, 4) is 16.9 Å². The van der Waals surface area contributed by atoms with Crippen LogP contribution in [0.1, 0.15) is 17.0 Å². The van der Waals surface area contributed by atoms with Gasteiger partial charge in [-0.25, -0.2) is 4.79 Å². The minimum atomic E-state index is -0.461. The normalized spacial score (nSPS) is 12.0. The number of hydrogen-bond donors (Lipinski definition) is 1. The summed E-state index contributed by atoms with van der Waals surface area (Å²) in [6.45, 7) is 5.19. The Morgan fingerprint density at radius 3 is 1.62 bits per heavy atom. The van der Waals surface area contributed by atoms with E-state index in [-0.39, 0.29) is 18.2 Å². The Morgan fingerprint density at radius 1 is 0.644 bits per heavy atom. The van der Waals surface area contributed by atoms with Gasteiger partial charge in [0, 0.05) is 24.6 Å². The van der Waals surface area contributed by atoms with E-state index >= 15 is 0 Å². The van der Waals surface area contributed by atoms with E-state index in [2.05, 4.69) is 29.6 Å². The number of carbonyl (C=O) groups is 1. The molecule has 1 aliphatic carbocycles. The number of nitrogens with one attached hydrogen (secondary N) is 1. The van der Waals surface area contributed by atoms with Crippen LogP contribution in [0.25, 0.3) is 11.1 Å². The Balaban J connectivity index is 0.884. The summed E-state index contributed by atoms with van der Waals surface area (Å²) in [5.74, 6) is 0.582. The standard InChI is InChI=1S/C33H40N2O10/c36-33(45-25-32-30-7-3-1-5-28(30)29-6-2-4-8-31(29)32)34-13-14-39-15-16-40-17-18-41-19-20-42-21-22-43-23-24-44-27-11-9-26(10-12-27)35(37)38/h1-12,32H,13-25H2,(H,34,36). The van der Waals surface area contributed by atoms with Crippen molar-refractivity contribution in [2.75, 3.05) is 85.8 Å². The second-order valence-electron chi connectivity index (χ2n) is 9.91. The van der Waals surface area contributed by atoms with E-state index in [0.717, 1.165) is 0 Å². The fraction of sp³-hybridized carbons (Fsp3) is 0.424. The van der Waals surface area contributed by atoms with E-state index in [1.807, 2.05) is 24.3 Å². The maximum absolute atomic E-state index is 12.2. The first kappa shape index (κ1) is 33.8. The monoisotopic (exact) mass is 624 g/mol. The first-order chi connectivity index (χ1) is 22.1. The molecule has 4 rings (SSSR count). The van der Waals surface area contributed by atoms with Gasteiger partial charge in [0.25, 0.3) is 5.69 Å². The molecule has 0 heterocycles. The number of nitrogens with zero attached hydrogens (tertiary/aromatic N) is 1. The van der Waals surface area contributed by atoms with Crippen molar-refractivity contribution >= 4 is 11.8 Å². The molecule has 1 aliphatic rings. The summed E-state index contributed by atoms with van der Waals surface area (Å²) in [5, 5.41) is 13.4. The summed E-state index contributed by atoms with van der Waals surface area (Å²) in [6.07, 6.45) is -0.461. The lowest BCUT2D eigenvalue weighted by molar-refractivity contribution is -0.384. The number of benzene rings is 3. The zero-order valence-electron chi connectivity index (χ0n) is 25.2. The van der Waals surface area contributed by atoms with Crippen molar-refractivity contribution in [1.29, 1.82) is 0 Å². The molecule has 0 fully saturated rings. The van der Waals surface area contributed by atoms with Gasteiger partial charge in [0.05, 0.1) is 71.0 Å². The van der Waals surface area contributed by atoms with E-state index in [4.69, 9.17) is 33.2 Å². The molecule has 0 saturated carbocycles. The van der Waals surface area contributed by atoms with Crippen LogP contribution < -0.4 is 10.1 Å². The number of ether oxygens (including phenoxy) is 7. The number of non-ortho nitro benzene ring substituents is 1. The molecule has 1 N–H and O–H groups in total. The van der Waals surface area contributed by atoms with E-state index in [1.165, 1.54) is 34.4 Å². The summed E-state index contributed by atoms with van der Waals surface area (Å²) in [7, 11) is 0. The van der Waals surface area contributed by atoms with Crippen molar-refractivity contribution in [1.82, 2.24) is 5.32 Å². The molecule has 0 aromatic heterocycles. The van der Waals surface area contributed by atoms with E-state index in [9.17, 15) is 14.9 Å². The predicted molar refractivity (Wildman–Crippen MR) is 166 cm³/mol. The van der Waals surface area contributed by atoms with E-state index < -0.39 is 11.0 Å². The van der Waals surface area contributed by atoms with Crippen molar-refractivity contribution in [2.45, 2.75) is 5.92 Å². The SMILES string of the molecule is O=C(NCCOCCOCCOCCOCCOCCOc1ccc([N+](=O)[O-])cc1)OCC1c2ccccc2-c2ccccc21. The zero-order chi connectivity index (χ0) is 31.5. The van der Waals surface area contributed by atoms with Gasteiger partial charge in [-0.2, -0.15) is 0 Å². The molecule has 1 amide bonds. The fourth-order valence-corrected chi connectivity index (χ4v) is 4.74. The number of rotatable bonds is 22. The molecule has 12 heteroatoms. The molecule has 0 radical (unpaired) electrons. The van der Waals surface area contributed by atoms with Crippen LogP contribution in [0.5, 0.6) is 5.75 Å². The lowest BCUT2D eigenvalue weighted by Gasteiger charge is -2.14. The Kier molecular flexibility index (Phi) is 14.5. The highest BCUT2D eigenvalue weighted by molar-refractivity contribution is 5.79. The molecule has 0 spiro atoms. The number of alkyl carbamates (subject to hydrolysis) is 1. The third-order valence-corrected chi connectivity index (χ3v) is 6.89. The summed E-state index contributed by atoms with van der Waals surface area (Å²) in [6, 6.07) is 22.4. The lowest BCUT2D eigenvalue weighted by Crippen LogP contribution is -2.29. The van der Waals surface area contributed by atoms with Crippen LogP contribution in [0.3, 0.4) is 0 Å². The Hall–Kier alpha value is -4.07. The topological polar surface area (TPSA) is 137 Å². The van der Waals surface area contributed by atoms with Gasteiger partial charge < -0.3 is 38.5 Å². The van der Waals surface area contributed by atoms with Crippen LogP contribution in [0.15, 0.2) is 72.8 Å². The second kappa shape index (κ2) is 19.3. The first-order valence-electron chi connectivity index (χ1n) is 15.0. The van der Waals surface area contributed by atoms with Crippen LogP contribution in [-0.4, -0.2) is 96.8 Å². The molecule has 3 aromatic carbocycles. The van der Waals surface area contributed by atoms with Gasteiger partial charge in [-0.1, -0.05) is 48.5 Å². The van der Waals surface area contributed by atoms with Gasteiger partial charge in [-0.05, 0) is 34.4 Å². The highest BCUT2D eigenvalue weighted by Gasteiger charge is 2.28. The van der Waals surface area contributed by atoms with Crippen molar-refractivity contribution < 1.29 is 42.9 Å². The molecule has 0 aliphatic heterocycles. The third kappa shape index (κ3) is 11.4. The van der Waals surface area contributed by atoms with Crippen LogP contribution in [0, 0.1) is 10.1 Å². The average molecular weight is 625 g/mol. The van der Waals surface area contributed by atoms with Gasteiger partial charge >= 0.3 is 6.09 Å². The lowest BCUT2D eigenvalue weighted by atomic mass is 9.98. The molecular formula is C33H40N2O10. The zero-order valence-corrected chi connectivity index (χ0v) is 25.2.